The third-order valence-electron chi connectivity index (χ3n) is 4.15. The van der Waals surface area contributed by atoms with Crippen molar-refractivity contribution in [1.82, 2.24) is 5.06 Å². The van der Waals surface area contributed by atoms with E-state index in [1.165, 1.54) is 5.06 Å². The van der Waals surface area contributed by atoms with E-state index in [-0.39, 0.29) is 11.6 Å². The van der Waals surface area contributed by atoms with E-state index in [4.69, 9.17) is 11.5 Å². The Morgan fingerprint density at radius 3 is 2.50 bits per heavy atom. The van der Waals surface area contributed by atoms with Gasteiger partial charge in [0.15, 0.2) is 0 Å². The van der Waals surface area contributed by atoms with E-state index < -0.39 is 0 Å². The van der Waals surface area contributed by atoms with Crippen LogP contribution in [0.1, 0.15) is 46.0 Å². The van der Waals surface area contributed by atoms with E-state index in [0.29, 0.717) is 19.0 Å². The van der Waals surface area contributed by atoms with Crippen molar-refractivity contribution in [2.75, 3.05) is 13.1 Å². The van der Waals surface area contributed by atoms with Crippen molar-refractivity contribution in [3.05, 3.63) is 0 Å². The van der Waals surface area contributed by atoms with Gasteiger partial charge in [-0.3, -0.25) is 0 Å². The molecule has 1 fully saturated rings. The minimum Gasteiger partial charge on any atom is -0.330 e. The van der Waals surface area contributed by atoms with Gasteiger partial charge in [-0.2, -0.15) is 0 Å². The number of hydroxylamine groups is 2. The van der Waals surface area contributed by atoms with E-state index in [2.05, 4.69) is 13.8 Å². The molecule has 3 unspecified atom stereocenters. The number of nitrogens with two attached hydrogens (primary N) is 2. The third-order valence-corrected chi connectivity index (χ3v) is 4.15. The average molecular weight is 228 g/mol. The second-order valence-electron chi connectivity index (χ2n) is 5.30. The molecule has 4 nitrogen and oxygen atoms in total. The SMILES string of the molecule is CC1CC(CCCN)N([O])C1(C)CCCN. The van der Waals surface area contributed by atoms with Crippen LogP contribution in [0.15, 0.2) is 0 Å². The molecule has 1 saturated heterocycles. The van der Waals surface area contributed by atoms with Gasteiger partial charge in [0.05, 0.1) is 0 Å². The van der Waals surface area contributed by atoms with Crippen LogP contribution >= 0.6 is 0 Å². The van der Waals surface area contributed by atoms with Crippen LogP contribution < -0.4 is 11.5 Å². The molecule has 1 aliphatic heterocycles. The summed E-state index contributed by atoms with van der Waals surface area (Å²) in [7, 11) is 0. The maximum absolute atomic E-state index is 12.3. The zero-order valence-corrected chi connectivity index (χ0v) is 10.6. The zero-order valence-electron chi connectivity index (χ0n) is 10.6. The van der Waals surface area contributed by atoms with Crippen LogP contribution in [-0.2, 0) is 5.21 Å². The molecule has 1 aliphatic rings. The number of rotatable bonds is 6. The van der Waals surface area contributed by atoms with Crippen LogP contribution in [0.3, 0.4) is 0 Å². The average Bonchev–Trinajstić information content (AvgIpc) is 2.49. The monoisotopic (exact) mass is 228 g/mol. The van der Waals surface area contributed by atoms with Gasteiger partial charge in [0, 0.05) is 11.6 Å². The van der Waals surface area contributed by atoms with Crippen molar-refractivity contribution in [2.24, 2.45) is 17.4 Å². The van der Waals surface area contributed by atoms with E-state index >= 15 is 0 Å². The second kappa shape index (κ2) is 5.96. The summed E-state index contributed by atoms with van der Waals surface area (Å²) in [5.41, 5.74) is 10.8. The molecule has 0 aromatic rings. The van der Waals surface area contributed by atoms with Gasteiger partial charge in [-0.25, -0.2) is 0 Å². The summed E-state index contributed by atoms with van der Waals surface area (Å²) in [5, 5.41) is 13.6. The standard InChI is InChI=1S/C12H26N3O/c1-10-9-11(5-3-7-13)15(16)12(10,2)6-4-8-14/h10-11H,3-9,13-14H2,1-2H3. The lowest BCUT2D eigenvalue weighted by molar-refractivity contribution is -0.232. The van der Waals surface area contributed by atoms with Gasteiger partial charge in [-0.05, 0) is 58.0 Å². The molecular formula is C12H26N3O. The van der Waals surface area contributed by atoms with Crippen LogP contribution in [0.2, 0.25) is 0 Å². The Morgan fingerprint density at radius 1 is 1.31 bits per heavy atom. The first-order chi connectivity index (χ1) is 7.56. The summed E-state index contributed by atoms with van der Waals surface area (Å²) in [5.74, 6) is 0.458. The quantitative estimate of drug-likeness (QED) is 0.719. The number of hydrogen-bond acceptors (Lipinski definition) is 3. The highest BCUT2D eigenvalue weighted by Crippen LogP contribution is 2.41. The van der Waals surface area contributed by atoms with Crippen LogP contribution in [0, 0.1) is 5.92 Å². The molecule has 0 aromatic carbocycles. The maximum Gasteiger partial charge on any atom is 0.0495 e. The second-order valence-corrected chi connectivity index (χ2v) is 5.30. The van der Waals surface area contributed by atoms with Gasteiger partial charge in [-0.15, -0.1) is 10.3 Å². The van der Waals surface area contributed by atoms with Crippen molar-refractivity contribution in [3.8, 4) is 0 Å². The number of nitrogens with zero attached hydrogens (tertiary/aromatic N) is 1. The van der Waals surface area contributed by atoms with Crippen LogP contribution in [0.25, 0.3) is 0 Å². The first-order valence-electron chi connectivity index (χ1n) is 6.43. The highest BCUT2D eigenvalue weighted by Gasteiger charge is 2.47. The van der Waals surface area contributed by atoms with E-state index in [0.717, 1.165) is 32.1 Å². The molecule has 3 atom stereocenters. The van der Waals surface area contributed by atoms with Crippen molar-refractivity contribution in [3.63, 3.8) is 0 Å². The molecule has 1 rings (SSSR count). The van der Waals surface area contributed by atoms with Gasteiger partial charge in [0.25, 0.3) is 0 Å². The maximum atomic E-state index is 12.3. The molecule has 16 heavy (non-hydrogen) atoms. The highest BCUT2D eigenvalue weighted by atomic mass is 16.5. The Morgan fingerprint density at radius 2 is 1.94 bits per heavy atom. The molecule has 0 saturated carbocycles. The lowest BCUT2D eigenvalue weighted by Crippen LogP contribution is -2.44. The van der Waals surface area contributed by atoms with Gasteiger partial charge in [-0.1, -0.05) is 6.92 Å². The summed E-state index contributed by atoms with van der Waals surface area (Å²) in [6, 6.07) is 0.168. The van der Waals surface area contributed by atoms with Crippen molar-refractivity contribution in [1.29, 1.82) is 0 Å². The van der Waals surface area contributed by atoms with Gasteiger partial charge >= 0.3 is 0 Å². The Balaban J connectivity index is 2.58. The molecule has 0 amide bonds. The third kappa shape index (κ3) is 2.74. The normalized spacial score (nSPS) is 35.8. The first kappa shape index (κ1) is 13.9. The van der Waals surface area contributed by atoms with E-state index in [1.54, 1.807) is 0 Å². The zero-order chi connectivity index (χ0) is 12.2. The van der Waals surface area contributed by atoms with E-state index in [1.807, 2.05) is 0 Å². The molecule has 4 heteroatoms. The van der Waals surface area contributed by atoms with Crippen LogP contribution in [-0.4, -0.2) is 29.7 Å². The predicted octanol–water partition coefficient (Wildman–Crippen LogP) is 1.28. The van der Waals surface area contributed by atoms with Crippen molar-refractivity contribution < 1.29 is 5.21 Å². The molecule has 95 valence electrons. The minimum absolute atomic E-state index is 0.168. The fraction of sp³-hybridized carbons (Fsp3) is 1.00. The lowest BCUT2D eigenvalue weighted by atomic mass is 9.84. The van der Waals surface area contributed by atoms with Gasteiger partial charge in [0.1, 0.15) is 0 Å². The molecule has 1 radical (unpaired) electrons. The van der Waals surface area contributed by atoms with Crippen molar-refractivity contribution >= 4 is 0 Å². The van der Waals surface area contributed by atoms with Crippen LogP contribution in [0.5, 0.6) is 0 Å². The molecule has 4 N–H and O–H groups in total. The van der Waals surface area contributed by atoms with Crippen LogP contribution in [0.4, 0.5) is 0 Å². The topological polar surface area (TPSA) is 75.2 Å². The summed E-state index contributed by atoms with van der Waals surface area (Å²) >= 11 is 0. The Bertz CT molecular complexity index is 212. The fourth-order valence-corrected chi connectivity index (χ4v) is 2.80. The Labute approximate surface area is 98.9 Å². The summed E-state index contributed by atoms with van der Waals surface area (Å²) in [6.07, 6.45) is 4.73. The van der Waals surface area contributed by atoms with E-state index in [9.17, 15) is 5.21 Å². The molecule has 1 heterocycles. The Kier molecular flexibility index (Phi) is 5.18. The Hall–Kier alpha value is -0.160. The summed E-state index contributed by atoms with van der Waals surface area (Å²) < 4.78 is 0. The largest absolute Gasteiger partial charge is 0.330 e. The fourth-order valence-electron chi connectivity index (χ4n) is 2.80. The first-order valence-corrected chi connectivity index (χ1v) is 6.43. The van der Waals surface area contributed by atoms with Gasteiger partial charge in [0.2, 0.25) is 0 Å². The molecule has 0 aliphatic carbocycles. The molecule has 0 bridgehead atoms. The number of hydrogen-bond donors (Lipinski definition) is 2. The minimum atomic E-state index is -0.210. The van der Waals surface area contributed by atoms with Gasteiger partial charge < -0.3 is 11.5 Å². The molecular weight excluding hydrogens is 202 g/mol. The predicted molar refractivity (Wildman–Crippen MR) is 65.1 cm³/mol. The summed E-state index contributed by atoms with van der Waals surface area (Å²) in [6.45, 7) is 5.62. The summed E-state index contributed by atoms with van der Waals surface area (Å²) in [4.78, 5) is 0. The van der Waals surface area contributed by atoms with Crippen molar-refractivity contribution in [2.45, 2.75) is 57.5 Å². The molecule has 0 spiro atoms. The molecule has 0 aromatic heterocycles. The highest BCUT2D eigenvalue weighted by molar-refractivity contribution is 4.97. The smallest absolute Gasteiger partial charge is 0.0495 e. The lowest BCUT2D eigenvalue weighted by Gasteiger charge is -2.34.